The summed E-state index contributed by atoms with van der Waals surface area (Å²) >= 11 is 9.12. The molecule has 0 aliphatic rings. The third kappa shape index (κ3) is 2.35. The van der Waals surface area contributed by atoms with E-state index in [-0.39, 0.29) is 5.69 Å². The van der Waals surface area contributed by atoms with Crippen LogP contribution in [0.5, 0.6) is 0 Å². The van der Waals surface area contributed by atoms with Gasteiger partial charge in [-0.1, -0.05) is 23.7 Å². The standard InChI is InChI=1S/C11H8BrClN2O2/c1-17-11(16)10-8(12)9(14-15-10)6-2-4-7(13)5-3-6/h2-5H,1H3,(H,14,15). The normalized spacial score (nSPS) is 10.3. The van der Waals surface area contributed by atoms with E-state index >= 15 is 0 Å². The van der Waals surface area contributed by atoms with E-state index in [1.54, 1.807) is 12.1 Å². The molecule has 2 aromatic rings. The quantitative estimate of drug-likeness (QED) is 0.865. The van der Waals surface area contributed by atoms with E-state index in [4.69, 9.17) is 11.6 Å². The fourth-order valence-electron chi connectivity index (χ4n) is 1.36. The molecule has 1 aromatic heterocycles. The highest BCUT2D eigenvalue weighted by Gasteiger charge is 2.18. The maximum atomic E-state index is 11.4. The molecule has 1 heterocycles. The molecule has 0 amide bonds. The summed E-state index contributed by atoms with van der Waals surface area (Å²) in [5, 5.41) is 7.35. The number of ether oxygens (including phenoxy) is 1. The molecule has 6 heteroatoms. The SMILES string of the molecule is COC(=O)c1[nH]nc(-c2ccc(Cl)cc2)c1Br. The Bertz CT molecular complexity index is 551. The molecular weight excluding hydrogens is 307 g/mol. The first-order valence-electron chi connectivity index (χ1n) is 4.71. The molecule has 0 aliphatic heterocycles. The molecule has 0 aliphatic carbocycles. The Morgan fingerprint density at radius 2 is 2.06 bits per heavy atom. The summed E-state index contributed by atoms with van der Waals surface area (Å²) in [6.45, 7) is 0. The van der Waals surface area contributed by atoms with Crippen LogP contribution in [0.2, 0.25) is 5.02 Å². The average molecular weight is 316 g/mol. The Hall–Kier alpha value is -1.33. The smallest absolute Gasteiger partial charge is 0.357 e. The summed E-state index contributed by atoms with van der Waals surface area (Å²) in [6, 6.07) is 7.17. The second kappa shape index (κ2) is 4.89. The maximum Gasteiger partial charge on any atom is 0.357 e. The van der Waals surface area contributed by atoms with Crippen LogP contribution in [0.25, 0.3) is 11.3 Å². The molecular formula is C11H8BrClN2O2. The summed E-state index contributed by atoms with van der Waals surface area (Å²) in [6.07, 6.45) is 0. The van der Waals surface area contributed by atoms with E-state index < -0.39 is 5.97 Å². The number of esters is 1. The van der Waals surface area contributed by atoms with Crippen molar-refractivity contribution >= 4 is 33.5 Å². The summed E-state index contributed by atoms with van der Waals surface area (Å²) < 4.78 is 5.20. The van der Waals surface area contributed by atoms with Crippen LogP contribution in [0.3, 0.4) is 0 Å². The summed E-state index contributed by atoms with van der Waals surface area (Å²) in [5.74, 6) is -0.468. The van der Waals surface area contributed by atoms with Gasteiger partial charge in [-0.05, 0) is 28.1 Å². The van der Waals surface area contributed by atoms with Crippen molar-refractivity contribution in [3.8, 4) is 11.3 Å². The van der Waals surface area contributed by atoms with E-state index in [9.17, 15) is 4.79 Å². The van der Waals surface area contributed by atoms with Crippen LogP contribution in [0, 0.1) is 0 Å². The highest BCUT2D eigenvalue weighted by Crippen LogP contribution is 2.29. The fraction of sp³-hybridized carbons (Fsp3) is 0.0909. The Morgan fingerprint density at radius 3 is 2.65 bits per heavy atom. The number of nitrogens with one attached hydrogen (secondary N) is 1. The lowest BCUT2D eigenvalue weighted by Crippen LogP contribution is -2.02. The molecule has 17 heavy (non-hydrogen) atoms. The molecule has 0 spiro atoms. The van der Waals surface area contributed by atoms with Crippen molar-refractivity contribution in [3.63, 3.8) is 0 Å². The van der Waals surface area contributed by atoms with Crippen LogP contribution >= 0.6 is 27.5 Å². The molecule has 1 aromatic carbocycles. The van der Waals surface area contributed by atoms with Crippen LogP contribution in [-0.2, 0) is 4.74 Å². The highest BCUT2D eigenvalue weighted by molar-refractivity contribution is 9.10. The van der Waals surface area contributed by atoms with Gasteiger partial charge in [-0.15, -0.1) is 0 Å². The van der Waals surface area contributed by atoms with Gasteiger partial charge in [0, 0.05) is 10.6 Å². The van der Waals surface area contributed by atoms with Crippen molar-refractivity contribution in [3.05, 3.63) is 39.5 Å². The zero-order valence-corrected chi connectivity index (χ0v) is 11.2. The van der Waals surface area contributed by atoms with E-state index in [1.807, 2.05) is 12.1 Å². The van der Waals surface area contributed by atoms with Crippen molar-refractivity contribution in [1.82, 2.24) is 10.2 Å². The first kappa shape index (κ1) is 12.1. The fourth-order valence-corrected chi connectivity index (χ4v) is 2.06. The number of hydrogen-bond acceptors (Lipinski definition) is 3. The second-order valence-corrected chi connectivity index (χ2v) is 4.49. The third-order valence-electron chi connectivity index (χ3n) is 2.21. The van der Waals surface area contributed by atoms with Gasteiger partial charge in [-0.2, -0.15) is 5.10 Å². The number of benzene rings is 1. The second-order valence-electron chi connectivity index (χ2n) is 3.26. The van der Waals surface area contributed by atoms with Crippen molar-refractivity contribution in [2.45, 2.75) is 0 Å². The lowest BCUT2D eigenvalue weighted by Gasteiger charge is -1.98. The molecule has 0 saturated carbocycles. The lowest BCUT2D eigenvalue weighted by atomic mass is 10.1. The Kier molecular flexibility index (Phi) is 3.49. The van der Waals surface area contributed by atoms with Crippen molar-refractivity contribution < 1.29 is 9.53 Å². The lowest BCUT2D eigenvalue weighted by molar-refractivity contribution is 0.0593. The largest absolute Gasteiger partial charge is 0.464 e. The van der Waals surface area contributed by atoms with Gasteiger partial charge in [-0.25, -0.2) is 4.79 Å². The third-order valence-corrected chi connectivity index (χ3v) is 3.24. The molecule has 88 valence electrons. The molecule has 0 bridgehead atoms. The van der Waals surface area contributed by atoms with Crippen molar-refractivity contribution in [2.75, 3.05) is 7.11 Å². The zero-order valence-electron chi connectivity index (χ0n) is 8.83. The number of hydrogen-bond donors (Lipinski definition) is 1. The number of nitrogens with zero attached hydrogens (tertiary/aromatic N) is 1. The van der Waals surface area contributed by atoms with Crippen LogP contribution < -0.4 is 0 Å². The summed E-state index contributed by atoms with van der Waals surface area (Å²) in [7, 11) is 1.32. The minimum Gasteiger partial charge on any atom is -0.464 e. The van der Waals surface area contributed by atoms with Crippen molar-refractivity contribution in [2.24, 2.45) is 0 Å². The van der Waals surface area contributed by atoms with E-state index in [0.717, 1.165) is 5.56 Å². The van der Waals surface area contributed by atoms with E-state index in [2.05, 4.69) is 30.9 Å². The molecule has 0 saturated heterocycles. The van der Waals surface area contributed by atoms with E-state index in [0.29, 0.717) is 15.2 Å². The highest BCUT2D eigenvalue weighted by atomic mass is 79.9. The van der Waals surface area contributed by atoms with Gasteiger partial charge in [0.15, 0.2) is 5.69 Å². The number of halogens is 2. The number of aromatic amines is 1. The minimum absolute atomic E-state index is 0.289. The van der Waals surface area contributed by atoms with Crippen LogP contribution in [0.1, 0.15) is 10.5 Å². The first-order chi connectivity index (χ1) is 8.13. The average Bonchev–Trinajstić information content (AvgIpc) is 2.71. The predicted molar refractivity (Wildman–Crippen MR) is 68.1 cm³/mol. The minimum atomic E-state index is -0.468. The number of rotatable bonds is 2. The van der Waals surface area contributed by atoms with Gasteiger partial charge in [0.05, 0.1) is 11.6 Å². The summed E-state index contributed by atoms with van der Waals surface area (Å²) in [5.41, 5.74) is 1.78. The first-order valence-corrected chi connectivity index (χ1v) is 5.88. The van der Waals surface area contributed by atoms with Crippen LogP contribution in [0.4, 0.5) is 0 Å². The van der Waals surface area contributed by atoms with Gasteiger partial charge in [0.25, 0.3) is 0 Å². The molecule has 1 N–H and O–H groups in total. The monoisotopic (exact) mass is 314 g/mol. The number of carbonyl (C=O) groups is 1. The maximum absolute atomic E-state index is 11.4. The number of aromatic nitrogens is 2. The Balaban J connectivity index is 2.44. The van der Waals surface area contributed by atoms with Gasteiger partial charge in [0.2, 0.25) is 0 Å². The topological polar surface area (TPSA) is 55.0 Å². The number of H-pyrrole nitrogens is 1. The van der Waals surface area contributed by atoms with Crippen LogP contribution in [0.15, 0.2) is 28.7 Å². The van der Waals surface area contributed by atoms with Gasteiger partial charge >= 0.3 is 5.97 Å². The molecule has 0 unspecified atom stereocenters. The van der Waals surface area contributed by atoms with Gasteiger partial charge in [0.1, 0.15) is 5.69 Å². The summed E-state index contributed by atoms with van der Waals surface area (Å²) in [4.78, 5) is 11.4. The predicted octanol–water partition coefficient (Wildman–Crippen LogP) is 3.28. The number of methoxy groups -OCH3 is 1. The Labute approximate surface area is 111 Å². The van der Waals surface area contributed by atoms with Gasteiger partial charge in [-0.3, -0.25) is 5.10 Å². The molecule has 0 fully saturated rings. The molecule has 0 atom stereocenters. The zero-order chi connectivity index (χ0) is 12.4. The van der Waals surface area contributed by atoms with Gasteiger partial charge < -0.3 is 4.74 Å². The number of carbonyl (C=O) groups excluding carboxylic acids is 1. The van der Waals surface area contributed by atoms with Crippen molar-refractivity contribution in [1.29, 1.82) is 0 Å². The molecule has 0 radical (unpaired) electrons. The molecule has 4 nitrogen and oxygen atoms in total. The van der Waals surface area contributed by atoms with E-state index in [1.165, 1.54) is 7.11 Å². The Morgan fingerprint density at radius 1 is 1.41 bits per heavy atom. The van der Waals surface area contributed by atoms with Crippen LogP contribution in [-0.4, -0.2) is 23.3 Å². The molecule has 2 rings (SSSR count).